The Morgan fingerprint density at radius 2 is 2.00 bits per heavy atom. The van der Waals surface area contributed by atoms with E-state index in [1.54, 1.807) is 0 Å². The first kappa shape index (κ1) is 5.97. The van der Waals surface area contributed by atoms with Crippen LogP contribution in [0.1, 0.15) is 6.42 Å². The molecule has 0 unspecified atom stereocenters. The predicted octanol–water partition coefficient (Wildman–Crippen LogP) is -0.358. The minimum atomic E-state index is -4.30. The highest BCUT2D eigenvalue weighted by Crippen LogP contribution is 2.31. The highest BCUT2D eigenvalue weighted by Gasteiger charge is 2.43. The summed E-state index contributed by atoms with van der Waals surface area (Å²) in [7, 11) is -4.30. The first-order valence-corrected chi connectivity index (χ1v) is 3.58. The molecule has 0 saturated heterocycles. The summed E-state index contributed by atoms with van der Waals surface area (Å²) >= 11 is 0. The van der Waals surface area contributed by atoms with E-state index in [9.17, 15) is 17.4 Å². The zero-order chi connectivity index (χ0) is 6.36. The standard InChI is InChI=1S/C3H5FO3S/c4-2-1-3(2)8(5,6)7/h2-3H,1H2,(H,5,6,7)/p-1/t2-,3+/m1/s1. The molecule has 3 nitrogen and oxygen atoms in total. The Hall–Kier alpha value is -0.160. The molecule has 1 fully saturated rings. The van der Waals surface area contributed by atoms with Crippen molar-refractivity contribution >= 4 is 10.1 Å². The quantitative estimate of drug-likeness (QED) is 0.466. The molecule has 0 aliphatic heterocycles. The van der Waals surface area contributed by atoms with Gasteiger partial charge < -0.3 is 4.55 Å². The van der Waals surface area contributed by atoms with Gasteiger partial charge >= 0.3 is 0 Å². The van der Waals surface area contributed by atoms with Gasteiger partial charge in [-0.25, -0.2) is 12.8 Å². The monoisotopic (exact) mass is 139 g/mol. The summed E-state index contributed by atoms with van der Waals surface area (Å²) in [4.78, 5) is 0. The van der Waals surface area contributed by atoms with Crippen LogP contribution in [0.4, 0.5) is 4.39 Å². The summed E-state index contributed by atoms with van der Waals surface area (Å²) in [5.74, 6) is 0. The van der Waals surface area contributed by atoms with Crippen LogP contribution in [0.3, 0.4) is 0 Å². The molecule has 1 aliphatic rings. The number of hydrogen-bond acceptors (Lipinski definition) is 3. The summed E-state index contributed by atoms with van der Waals surface area (Å²) in [6.45, 7) is 0. The Kier molecular flexibility index (Phi) is 1.06. The summed E-state index contributed by atoms with van der Waals surface area (Å²) < 4.78 is 41.1. The number of hydrogen-bond donors (Lipinski definition) is 0. The lowest BCUT2D eigenvalue weighted by atomic mass is 10.9. The van der Waals surface area contributed by atoms with E-state index < -0.39 is 21.5 Å². The fourth-order valence-corrected chi connectivity index (χ4v) is 1.22. The van der Waals surface area contributed by atoms with Gasteiger partial charge in [0.1, 0.15) is 16.3 Å². The minimum absolute atomic E-state index is 0.105. The maximum atomic E-state index is 11.7. The fourth-order valence-electron chi connectivity index (χ4n) is 0.442. The van der Waals surface area contributed by atoms with Crippen LogP contribution >= 0.6 is 0 Å². The lowest BCUT2D eigenvalue weighted by Crippen LogP contribution is -2.06. The van der Waals surface area contributed by atoms with Gasteiger partial charge in [-0.2, -0.15) is 0 Å². The lowest BCUT2D eigenvalue weighted by molar-refractivity contribution is 0.440. The van der Waals surface area contributed by atoms with E-state index >= 15 is 0 Å². The molecule has 0 aromatic heterocycles. The predicted molar refractivity (Wildman–Crippen MR) is 23.0 cm³/mol. The SMILES string of the molecule is O=S(=O)([O-])[C@H]1C[C@H]1F. The van der Waals surface area contributed by atoms with Crippen LogP contribution in [-0.4, -0.2) is 24.4 Å². The van der Waals surface area contributed by atoms with Crippen molar-refractivity contribution in [3.8, 4) is 0 Å². The second-order valence-electron chi connectivity index (χ2n) is 1.78. The van der Waals surface area contributed by atoms with E-state index in [2.05, 4.69) is 0 Å². The van der Waals surface area contributed by atoms with Gasteiger partial charge in [0.15, 0.2) is 0 Å². The van der Waals surface area contributed by atoms with Crippen LogP contribution in [0.15, 0.2) is 0 Å². The Labute approximate surface area is 46.3 Å². The molecule has 0 heterocycles. The van der Waals surface area contributed by atoms with E-state index in [-0.39, 0.29) is 6.42 Å². The average Bonchev–Trinajstić information content (AvgIpc) is 2.13. The summed E-state index contributed by atoms with van der Waals surface area (Å²) in [5, 5.41) is -1.23. The third-order valence-electron chi connectivity index (χ3n) is 1.03. The molecular formula is C3H4FO3S-. The molecule has 1 saturated carbocycles. The van der Waals surface area contributed by atoms with Crippen LogP contribution in [0, 0.1) is 0 Å². The van der Waals surface area contributed by atoms with Gasteiger partial charge in [0.05, 0.1) is 5.25 Å². The van der Waals surface area contributed by atoms with Crippen molar-refractivity contribution in [1.82, 2.24) is 0 Å². The number of halogens is 1. The van der Waals surface area contributed by atoms with Crippen molar-refractivity contribution in [3.05, 3.63) is 0 Å². The highest BCUT2D eigenvalue weighted by atomic mass is 32.2. The molecule has 8 heavy (non-hydrogen) atoms. The third-order valence-corrected chi connectivity index (χ3v) is 2.26. The van der Waals surface area contributed by atoms with Crippen molar-refractivity contribution in [3.63, 3.8) is 0 Å². The topological polar surface area (TPSA) is 57.2 Å². The molecular weight excluding hydrogens is 135 g/mol. The fraction of sp³-hybridized carbons (Fsp3) is 1.00. The molecule has 0 radical (unpaired) electrons. The number of alkyl halides is 1. The second-order valence-corrected chi connectivity index (χ2v) is 3.37. The summed E-state index contributed by atoms with van der Waals surface area (Å²) in [6.07, 6.45) is -1.50. The third kappa shape index (κ3) is 0.976. The molecule has 5 heteroatoms. The largest absolute Gasteiger partial charge is 0.748 e. The van der Waals surface area contributed by atoms with Crippen LogP contribution in [0.2, 0.25) is 0 Å². The van der Waals surface area contributed by atoms with Crippen molar-refractivity contribution in [2.75, 3.05) is 0 Å². The molecule has 1 rings (SSSR count). The highest BCUT2D eigenvalue weighted by molar-refractivity contribution is 7.86. The maximum absolute atomic E-state index is 11.7. The van der Waals surface area contributed by atoms with Crippen molar-refractivity contribution in [1.29, 1.82) is 0 Å². The van der Waals surface area contributed by atoms with Gasteiger partial charge in [0, 0.05) is 0 Å². The van der Waals surface area contributed by atoms with Crippen molar-refractivity contribution in [2.45, 2.75) is 17.8 Å². The van der Waals surface area contributed by atoms with Crippen molar-refractivity contribution < 1.29 is 17.4 Å². The van der Waals surface area contributed by atoms with Gasteiger partial charge in [-0.05, 0) is 6.42 Å². The van der Waals surface area contributed by atoms with Gasteiger partial charge in [-0.1, -0.05) is 0 Å². The number of rotatable bonds is 1. The van der Waals surface area contributed by atoms with E-state index in [1.807, 2.05) is 0 Å². The minimum Gasteiger partial charge on any atom is -0.748 e. The molecule has 0 spiro atoms. The Morgan fingerprint density at radius 3 is 2.00 bits per heavy atom. The van der Waals surface area contributed by atoms with E-state index in [4.69, 9.17) is 0 Å². The first-order chi connectivity index (χ1) is 3.52. The summed E-state index contributed by atoms with van der Waals surface area (Å²) in [5.41, 5.74) is 0. The van der Waals surface area contributed by atoms with E-state index in [0.29, 0.717) is 0 Å². The molecule has 0 N–H and O–H groups in total. The van der Waals surface area contributed by atoms with Crippen LogP contribution in [0.5, 0.6) is 0 Å². The van der Waals surface area contributed by atoms with Gasteiger partial charge in [0.25, 0.3) is 0 Å². The van der Waals surface area contributed by atoms with E-state index in [0.717, 1.165) is 0 Å². The smallest absolute Gasteiger partial charge is 0.117 e. The molecule has 0 aromatic rings. The van der Waals surface area contributed by atoms with Gasteiger partial charge in [-0.3, -0.25) is 0 Å². The Bertz CT molecular complexity index is 185. The molecule has 0 bridgehead atoms. The molecule has 1 aliphatic carbocycles. The van der Waals surface area contributed by atoms with E-state index in [1.165, 1.54) is 0 Å². The zero-order valence-corrected chi connectivity index (χ0v) is 4.69. The Balaban J connectivity index is 2.66. The molecule has 48 valence electrons. The van der Waals surface area contributed by atoms with Crippen molar-refractivity contribution in [2.24, 2.45) is 0 Å². The van der Waals surface area contributed by atoms with Crippen LogP contribution in [0.25, 0.3) is 0 Å². The summed E-state index contributed by atoms with van der Waals surface area (Å²) in [6, 6.07) is 0. The molecule has 0 amide bonds. The average molecular weight is 139 g/mol. The zero-order valence-electron chi connectivity index (χ0n) is 3.87. The Morgan fingerprint density at radius 1 is 1.62 bits per heavy atom. The van der Waals surface area contributed by atoms with Crippen LogP contribution in [-0.2, 0) is 10.1 Å². The maximum Gasteiger partial charge on any atom is 0.117 e. The second kappa shape index (κ2) is 1.41. The van der Waals surface area contributed by atoms with Crippen LogP contribution < -0.4 is 0 Å². The van der Waals surface area contributed by atoms with Gasteiger partial charge in [0.2, 0.25) is 0 Å². The first-order valence-electron chi connectivity index (χ1n) is 2.10. The molecule has 2 atom stereocenters. The lowest BCUT2D eigenvalue weighted by Gasteiger charge is -2.00. The van der Waals surface area contributed by atoms with Gasteiger partial charge in [-0.15, -0.1) is 0 Å². The molecule has 0 aromatic carbocycles. The normalized spacial score (nSPS) is 37.2.